The number of amides is 1. The van der Waals surface area contributed by atoms with E-state index in [-0.39, 0.29) is 17.5 Å². The van der Waals surface area contributed by atoms with Crippen LogP contribution in [0, 0.1) is 0 Å². The lowest BCUT2D eigenvalue weighted by atomic mass is 10.0. The number of anilines is 1. The third kappa shape index (κ3) is 4.71. The fourth-order valence-electron chi connectivity index (χ4n) is 1.57. The van der Waals surface area contributed by atoms with Crippen molar-refractivity contribution in [2.24, 2.45) is 0 Å². The highest BCUT2D eigenvalue weighted by Gasteiger charge is 2.22. The molecular formula is C15H23BrN2O2. The smallest absolute Gasteiger partial charge is 0.242 e. The summed E-state index contributed by atoms with van der Waals surface area (Å²) in [7, 11) is 1.62. The summed E-state index contributed by atoms with van der Waals surface area (Å²) in [6.45, 7) is 7.92. The van der Waals surface area contributed by atoms with Crippen molar-refractivity contribution < 1.29 is 9.53 Å². The number of carbonyl (C=O) groups excluding carboxylic acids is 1. The molecule has 1 aromatic rings. The largest absolute Gasteiger partial charge is 0.497 e. The van der Waals surface area contributed by atoms with E-state index in [1.54, 1.807) is 7.11 Å². The maximum absolute atomic E-state index is 12.2. The molecular weight excluding hydrogens is 320 g/mol. The zero-order chi connectivity index (χ0) is 15.3. The molecule has 0 radical (unpaired) electrons. The average molecular weight is 343 g/mol. The molecule has 1 atom stereocenters. The van der Waals surface area contributed by atoms with Gasteiger partial charge >= 0.3 is 0 Å². The predicted molar refractivity (Wildman–Crippen MR) is 86.3 cm³/mol. The van der Waals surface area contributed by atoms with Gasteiger partial charge in [-0.25, -0.2) is 0 Å². The molecule has 1 unspecified atom stereocenters. The summed E-state index contributed by atoms with van der Waals surface area (Å²) < 4.78 is 6.08. The fourth-order valence-corrected chi connectivity index (χ4v) is 1.93. The number of hydrogen-bond donors (Lipinski definition) is 2. The Kier molecular flexibility index (Phi) is 5.87. The lowest BCUT2D eigenvalue weighted by molar-refractivity contribution is -0.123. The molecule has 0 heterocycles. The average Bonchev–Trinajstić information content (AvgIpc) is 2.40. The van der Waals surface area contributed by atoms with Crippen molar-refractivity contribution in [1.82, 2.24) is 5.32 Å². The highest BCUT2D eigenvalue weighted by atomic mass is 79.9. The molecule has 0 spiro atoms. The standard InChI is InChI=1S/C15H23BrN2O2/c1-6-15(3,4)18-14(19)10(2)17-13-9-11(20-5)7-8-12(13)16/h7-10,17H,6H2,1-5H3,(H,18,19). The second-order valence-corrected chi connectivity index (χ2v) is 6.29. The van der Waals surface area contributed by atoms with Crippen molar-refractivity contribution in [3.63, 3.8) is 0 Å². The van der Waals surface area contributed by atoms with Crippen molar-refractivity contribution in [1.29, 1.82) is 0 Å². The van der Waals surface area contributed by atoms with Crippen LogP contribution in [0.15, 0.2) is 22.7 Å². The van der Waals surface area contributed by atoms with Gasteiger partial charge in [0.15, 0.2) is 0 Å². The number of benzene rings is 1. The van der Waals surface area contributed by atoms with Crippen LogP contribution >= 0.6 is 15.9 Å². The van der Waals surface area contributed by atoms with E-state index in [0.29, 0.717) is 0 Å². The molecule has 0 aliphatic rings. The Bertz CT molecular complexity index is 475. The molecule has 0 bridgehead atoms. The van der Waals surface area contributed by atoms with Crippen LogP contribution in [0.2, 0.25) is 0 Å². The van der Waals surface area contributed by atoms with Gasteiger partial charge in [-0.15, -0.1) is 0 Å². The number of carbonyl (C=O) groups is 1. The number of halogens is 1. The summed E-state index contributed by atoms with van der Waals surface area (Å²) in [5.74, 6) is 0.726. The topological polar surface area (TPSA) is 50.4 Å². The number of rotatable bonds is 6. The molecule has 1 aromatic carbocycles. The first kappa shape index (κ1) is 16.8. The van der Waals surface area contributed by atoms with E-state index in [1.807, 2.05) is 39.0 Å². The number of nitrogens with one attached hydrogen (secondary N) is 2. The van der Waals surface area contributed by atoms with Crippen LogP contribution in [0.25, 0.3) is 0 Å². The lowest BCUT2D eigenvalue weighted by Gasteiger charge is -2.27. The molecule has 0 aliphatic carbocycles. The number of methoxy groups -OCH3 is 1. The van der Waals surface area contributed by atoms with E-state index in [2.05, 4.69) is 33.5 Å². The minimum Gasteiger partial charge on any atom is -0.497 e. The first-order valence-electron chi connectivity index (χ1n) is 6.71. The number of ether oxygens (including phenoxy) is 1. The molecule has 2 N–H and O–H groups in total. The molecule has 5 heteroatoms. The number of hydrogen-bond acceptors (Lipinski definition) is 3. The van der Waals surface area contributed by atoms with E-state index in [9.17, 15) is 4.79 Å². The van der Waals surface area contributed by atoms with Crippen LogP contribution in [0.1, 0.15) is 34.1 Å². The molecule has 4 nitrogen and oxygen atoms in total. The van der Waals surface area contributed by atoms with Gasteiger partial charge in [0, 0.05) is 16.1 Å². The summed E-state index contributed by atoms with van der Waals surface area (Å²) >= 11 is 3.46. The molecule has 112 valence electrons. The van der Waals surface area contributed by atoms with E-state index < -0.39 is 0 Å². The third-order valence-corrected chi connectivity index (χ3v) is 3.98. The predicted octanol–water partition coefficient (Wildman–Crippen LogP) is 3.56. The summed E-state index contributed by atoms with van der Waals surface area (Å²) in [5.41, 5.74) is 0.639. The van der Waals surface area contributed by atoms with Gasteiger partial charge in [-0.1, -0.05) is 6.92 Å². The Balaban J connectivity index is 2.75. The first-order chi connectivity index (χ1) is 9.29. The molecule has 0 saturated carbocycles. The van der Waals surface area contributed by atoms with Gasteiger partial charge in [0.2, 0.25) is 5.91 Å². The second-order valence-electron chi connectivity index (χ2n) is 5.44. The van der Waals surface area contributed by atoms with Gasteiger partial charge in [0.1, 0.15) is 11.8 Å². The highest BCUT2D eigenvalue weighted by molar-refractivity contribution is 9.10. The second kappa shape index (κ2) is 6.97. The molecule has 0 aromatic heterocycles. The summed E-state index contributed by atoms with van der Waals surface area (Å²) in [4.78, 5) is 12.2. The molecule has 1 rings (SSSR count). The molecule has 20 heavy (non-hydrogen) atoms. The van der Waals surface area contributed by atoms with E-state index in [4.69, 9.17) is 4.74 Å². The monoisotopic (exact) mass is 342 g/mol. The minimum absolute atomic E-state index is 0.0217. The first-order valence-corrected chi connectivity index (χ1v) is 7.50. The van der Waals surface area contributed by atoms with E-state index >= 15 is 0 Å². The molecule has 0 fully saturated rings. The van der Waals surface area contributed by atoms with Crippen LogP contribution in [-0.2, 0) is 4.79 Å². The van der Waals surface area contributed by atoms with Gasteiger partial charge in [0.25, 0.3) is 0 Å². The van der Waals surface area contributed by atoms with Crippen LogP contribution in [0.3, 0.4) is 0 Å². The van der Waals surface area contributed by atoms with Crippen molar-refractivity contribution in [2.45, 2.75) is 45.7 Å². The zero-order valence-corrected chi connectivity index (χ0v) is 14.3. The normalized spacial score (nSPS) is 12.7. The Morgan fingerprint density at radius 1 is 1.45 bits per heavy atom. The van der Waals surface area contributed by atoms with Gasteiger partial charge in [-0.3, -0.25) is 4.79 Å². The lowest BCUT2D eigenvalue weighted by Crippen LogP contribution is -2.48. The summed E-state index contributed by atoms with van der Waals surface area (Å²) in [6, 6.07) is 5.28. The maximum Gasteiger partial charge on any atom is 0.242 e. The van der Waals surface area contributed by atoms with Gasteiger partial charge in [-0.2, -0.15) is 0 Å². The van der Waals surface area contributed by atoms with Crippen LogP contribution in [0.5, 0.6) is 5.75 Å². The quantitative estimate of drug-likeness (QED) is 0.830. The molecule has 0 saturated heterocycles. The van der Waals surface area contributed by atoms with Gasteiger partial charge in [0.05, 0.1) is 12.8 Å². The Morgan fingerprint density at radius 3 is 2.65 bits per heavy atom. The van der Waals surface area contributed by atoms with Crippen molar-refractivity contribution >= 4 is 27.5 Å². The highest BCUT2D eigenvalue weighted by Crippen LogP contribution is 2.27. The summed E-state index contributed by atoms with van der Waals surface area (Å²) in [6.07, 6.45) is 0.883. The summed E-state index contributed by atoms with van der Waals surface area (Å²) in [5, 5.41) is 6.22. The van der Waals surface area contributed by atoms with Gasteiger partial charge in [-0.05, 0) is 55.3 Å². The van der Waals surface area contributed by atoms with E-state index in [1.165, 1.54) is 0 Å². The Labute approximate surface area is 129 Å². The fraction of sp³-hybridized carbons (Fsp3) is 0.533. The van der Waals surface area contributed by atoms with E-state index in [0.717, 1.165) is 22.3 Å². The van der Waals surface area contributed by atoms with Crippen LogP contribution < -0.4 is 15.4 Å². The Morgan fingerprint density at radius 2 is 2.10 bits per heavy atom. The minimum atomic E-state index is -0.329. The van der Waals surface area contributed by atoms with Crippen molar-refractivity contribution in [3.05, 3.63) is 22.7 Å². The SMILES string of the molecule is CCC(C)(C)NC(=O)C(C)Nc1cc(OC)ccc1Br. The molecule has 1 amide bonds. The van der Waals surface area contributed by atoms with Gasteiger partial charge < -0.3 is 15.4 Å². The third-order valence-electron chi connectivity index (χ3n) is 3.28. The van der Waals surface area contributed by atoms with Crippen molar-refractivity contribution in [3.8, 4) is 5.75 Å². The van der Waals surface area contributed by atoms with Crippen LogP contribution in [-0.4, -0.2) is 24.6 Å². The maximum atomic E-state index is 12.2. The zero-order valence-electron chi connectivity index (χ0n) is 12.7. The van der Waals surface area contributed by atoms with Crippen LogP contribution in [0.4, 0.5) is 5.69 Å². The Hall–Kier alpha value is -1.23. The van der Waals surface area contributed by atoms with Crippen molar-refractivity contribution in [2.75, 3.05) is 12.4 Å². The molecule has 0 aliphatic heterocycles.